The van der Waals surface area contributed by atoms with Gasteiger partial charge in [0, 0.05) is 6.54 Å². The Morgan fingerprint density at radius 3 is 2.77 bits per heavy atom. The number of hydrogen-bond acceptors (Lipinski definition) is 5. The number of amides is 1. The summed E-state index contributed by atoms with van der Waals surface area (Å²) in [6.07, 6.45) is 2.20. The molecule has 0 spiro atoms. The average molecular weight is 306 g/mol. The van der Waals surface area contributed by atoms with Crippen molar-refractivity contribution in [1.29, 1.82) is 0 Å². The Labute approximate surface area is 127 Å². The van der Waals surface area contributed by atoms with E-state index in [0.717, 1.165) is 0 Å². The van der Waals surface area contributed by atoms with E-state index in [4.69, 9.17) is 13.9 Å². The minimum absolute atomic E-state index is 0.00330. The molecule has 1 N–H and O–H groups in total. The van der Waals surface area contributed by atoms with E-state index in [1.54, 1.807) is 19.1 Å². The fourth-order valence-electron chi connectivity index (χ4n) is 2.08. The van der Waals surface area contributed by atoms with Gasteiger partial charge >= 0.3 is 5.97 Å². The van der Waals surface area contributed by atoms with Crippen molar-refractivity contribution in [2.45, 2.75) is 26.7 Å². The molecule has 2 aromatic heterocycles. The van der Waals surface area contributed by atoms with E-state index in [0.29, 0.717) is 36.1 Å². The minimum Gasteiger partial charge on any atom is -0.480 e. The van der Waals surface area contributed by atoms with Crippen LogP contribution in [-0.2, 0) is 16.0 Å². The van der Waals surface area contributed by atoms with Gasteiger partial charge in [-0.1, -0.05) is 6.92 Å². The molecule has 0 aromatic carbocycles. The second kappa shape index (κ2) is 6.93. The molecule has 7 heteroatoms. The number of carbonyl (C=O) groups excluding carboxylic acids is 1. The molecule has 0 unspecified atom stereocenters. The van der Waals surface area contributed by atoms with Crippen LogP contribution in [0.25, 0.3) is 11.7 Å². The number of rotatable bonds is 7. The molecule has 0 saturated carbocycles. The van der Waals surface area contributed by atoms with Crippen LogP contribution < -0.4 is 0 Å². The van der Waals surface area contributed by atoms with Crippen LogP contribution in [0.15, 0.2) is 27.2 Å². The van der Waals surface area contributed by atoms with Crippen molar-refractivity contribution in [1.82, 2.24) is 9.88 Å². The molecule has 0 aliphatic heterocycles. The van der Waals surface area contributed by atoms with Crippen molar-refractivity contribution in [3.8, 4) is 11.7 Å². The highest BCUT2D eigenvalue weighted by atomic mass is 16.4. The summed E-state index contributed by atoms with van der Waals surface area (Å²) < 4.78 is 10.7. The maximum absolute atomic E-state index is 12.2. The summed E-state index contributed by atoms with van der Waals surface area (Å²) in [5.41, 5.74) is 0.489. The SMILES string of the molecule is CCCN(CC(=O)O)C(=O)Cc1nc(-c2ccco2)oc1C. The van der Waals surface area contributed by atoms with Crippen molar-refractivity contribution in [3.63, 3.8) is 0 Å². The van der Waals surface area contributed by atoms with Gasteiger partial charge in [0.1, 0.15) is 12.3 Å². The van der Waals surface area contributed by atoms with E-state index in [1.165, 1.54) is 11.2 Å². The van der Waals surface area contributed by atoms with Gasteiger partial charge in [-0.3, -0.25) is 9.59 Å². The third kappa shape index (κ3) is 3.75. The maximum Gasteiger partial charge on any atom is 0.323 e. The average Bonchev–Trinajstić information content (AvgIpc) is 3.08. The molecule has 22 heavy (non-hydrogen) atoms. The standard InChI is InChI=1S/C15H18N2O5/c1-3-6-17(9-14(19)20)13(18)8-11-10(2)22-15(16-11)12-5-4-7-21-12/h4-5,7H,3,6,8-9H2,1-2H3,(H,19,20). The van der Waals surface area contributed by atoms with E-state index >= 15 is 0 Å². The van der Waals surface area contributed by atoms with Gasteiger partial charge < -0.3 is 18.8 Å². The van der Waals surface area contributed by atoms with Crippen molar-refractivity contribution in [3.05, 3.63) is 29.9 Å². The molecule has 0 saturated heterocycles. The van der Waals surface area contributed by atoms with Gasteiger partial charge in [-0.05, 0) is 25.5 Å². The third-order valence-electron chi connectivity index (χ3n) is 3.12. The monoisotopic (exact) mass is 306 g/mol. The smallest absolute Gasteiger partial charge is 0.323 e. The Morgan fingerprint density at radius 1 is 1.41 bits per heavy atom. The molecule has 2 aromatic rings. The van der Waals surface area contributed by atoms with E-state index in [2.05, 4.69) is 4.98 Å². The summed E-state index contributed by atoms with van der Waals surface area (Å²) in [6, 6.07) is 3.43. The predicted octanol–water partition coefficient (Wildman–Crippen LogP) is 2.11. The van der Waals surface area contributed by atoms with Crippen LogP contribution in [-0.4, -0.2) is 40.0 Å². The first-order valence-corrected chi connectivity index (χ1v) is 7.01. The van der Waals surface area contributed by atoms with Crippen LogP contribution in [0.4, 0.5) is 0 Å². The fraction of sp³-hybridized carbons (Fsp3) is 0.400. The van der Waals surface area contributed by atoms with Crippen LogP contribution >= 0.6 is 0 Å². The molecule has 0 aliphatic carbocycles. The second-order valence-corrected chi connectivity index (χ2v) is 4.89. The molecule has 7 nitrogen and oxygen atoms in total. The lowest BCUT2D eigenvalue weighted by atomic mass is 10.2. The van der Waals surface area contributed by atoms with Crippen molar-refractivity contribution in [2.75, 3.05) is 13.1 Å². The molecule has 118 valence electrons. The highest BCUT2D eigenvalue weighted by molar-refractivity contribution is 5.82. The lowest BCUT2D eigenvalue weighted by Crippen LogP contribution is -2.37. The molecule has 1 amide bonds. The number of aliphatic carboxylic acids is 1. The number of aryl methyl sites for hydroxylation is 1. The Hall–Kier alpha value is -2.57. The third-order valence-corrected chi connectivity index (χ3v) is 3.12. The first-order chi connectivity index (χ1) is 10.5. The molecular formula is C15H18N2O5. The number of carbonyl (C=O) groups is 2. The number of furan rings is 1. The maximum atomic E-state index is 12.2. The summed E-state index contributed by atoms with van der Waals surface area (Å²) in [5.74, 6) is -0.00329. The number of oxazole rings is 1. The molecule has 0 radical (unpaired) electrons. The van der Waals surface area contributed by atoms with Crippen molar-refractivity contribution < 1.29 is 23.5 Å². The fourth-order valence-corrected chi connectivity index (χ4v) is 2.08. The zero-order chi connectivity index (χ0) is 16.1. The molecule has 0 fully saturated rings. The Morgan fingerprint density at radius 2 is 2.18 bits per heavy atom. The van der Waals surface area contributed by atoms with E-state index in [9.17, 15) is 9.59 Å². The molecule has 0 bridgehead atoms. The van der Waals surface area contributed by atoms with Gasteiger partial charge in [-0.15, -0.1) is 0 Å². The first kappa shape index (κ1) is 15.8. The largest absolute Gasteiger partial charge is 0.480 e. The first-order valence-electron chi connectivity index (χ1n) is 7.01. The van der Waals surface area contributed by atoms with Gasteiger partial charge in [0.25, 0.3) is 5.89 Å². The Bertz CT molecular complexity index is 645. The van der Waals surface area contributed by atoms with Crippen LogP contribution in [0.2, 0.25) is 0 Å². The molecule has 0 aliphatic rings. The molecule has 0 atom stereocenters. The summed E-state index contributed by atoms with van der Waals surface area (Å²) in [5, 5.41) is 8.87. The van der Waals surface area contributed by atoms with E-state index < -0.39 is 5.97 Å². The van der Waals surface area contributed by atoms with Crippen LogP contribution in [0.1, 0.15) is 24.8 Å². The zero-order valence-electron chi connectivity index (χ0n) is 12.5. The summed E-state index contributed by atoms with van der Waals surface area (Å²) >= 11 is 0. The highest BCUT2D eigenvalue weighted by Gasteiger charge is 2.21. The van der Waals surface area contributed by atoms with Gasteiger partial charge in [0.05, 0.1) is 18.4 Å². The second-order valence-electron chi connectivity index (χ2n) is 4.89. The van der Waals surface area contributed by atoms with E-state index in [1.807, 2.05) is 6.92 Å². The summed E-state index contributed by atoms with van der Waals surface area (Å²) in [6.45, 7) is 3.68. The van der Waals surface area contributed by atoms with Gasteiger partial charge in [-0.2, -0.15) is 0 Å². The zero-order valence-corrected chi connectivity index (χ0v) is 12.5. The number of hydrogen-bond donors (Lipinski definition) is 1. The number of aromatic nitrogens is 1. The van der Waals surface area contributed by atoms with Crippen molar-refractivity contribution >= 4 is 11.9 Å². The Kier molecular flexibility index (Phi) is 4.98. The molecule has 2 rings (SSSR count). The molecule has 2 heterocycles. The van der Waals surface area contributed by atoms with Gasteiger partial charge in [-0.25, -0.2) is 4.98 Å². The normalized spacial score (nSPS) is 10.6. The highest BCUT2D eigenvalue weighted by Crippen LogP contribution is 2.22. The number of carboxylic acids is 1. The molecular weight excluding hydrogens is 288 g/mol. The summed E-state index contributed by atoms with van der Waals surface area (Å²) in [7, 11) is 0. The lowest BCUT2D eigenvalue weighted by Gasteiger charge is -2.19. The van der Waals surface area contributed by atoms with E-state index in [-0.39, 0.29) is 18.9 Å². The van der Waals surface area contributed by atoms with Gasteiger partial charge in [0.2, 0.25) is 5.91 Å². The van der Waals surface area contributed by atoms with Crippen LogP contribution in [0, 0.1) is 6.92 Å². The topological polar surface area (TPSA) is 96.8 Å². The van der Waals surface area contributed by atoms with Crippen molar-refractivity contribution in [2.24, 2.45) is 0 Å². The van der Waals surface area contributed by atoms with Crippen LogP contribution in [0.3, 0.4) is 0 Å². The Balaban J connectivity index is 2.12. The predicted molar refractivity (Wildman–Crippen MR) is 77.2 cm³/mol. The minimum atomic E-state index is -1.03. The van der Waals surface area contributed by atoms with Gasteiger partial charge in [0.15, 0.2) is 5.76 Å². The number of carboxylic acid groups (broad SMARTS) is 1. The lowest BCUT2D eigenvalue weighted by molar-refractivity contribution is -0.144. The number of nitrogens with zero attached hydrogens (tertiary/aromatic N) is 2. The van der Waals surface area contributed by atoms with Crippen LogP contribution in [0.5, 0.6) is 0 Å². The quantitative estimate of drug-likeness (QED) is 0.841. The summed E-state index contributed by atoms with van der Waals surface area (Å²) in [4.78, 5) is 28.6.